The van der Waals surface area contributed by atoms with Crippen LogP contribution in [0.25, 0.3) is 0 Å². The Balaban J connectivity index is 1.38. The van der Waals surface area contributed by atoms with Gasteiger partial charge in [0, 0.05) is 38.5 Å². The van der Waals surface area contributed by atoms with Crippen LogP contribution >= 0.6 is 0 Å². The standard InChI is InChI=1S/C22H33N3O2/c1-18(26)25-15-11-20(12-16-25)22(27)23-21-10-6-14-24(17-21)13-5-9-19-7-3-2-4-8-19/h2-4,7-8,20-21H,5-6,9-17H2,1H3,(H,23,27)/t21-/m1/s1. The molecular weight excluding hydrogens is 338 g/mol. The number of nitrogens with one attached hydrogen (secondary N) is 1. The number of nitrogens with zero attached hydrogens (tertiary/aromatic N) is 2. The molecule has 0 spiro atoms. The van der Waals surface area contributed by atoms with E-state index in [0.717, 1.165) is 58.2 Å². The third-order valence-electron chi connectivity index (χ3n) is 5.95. The van der Waals surface area contributed by atoms with Gasteiger partial charge in [0.05, 0.1) is 0 Å². The lowest BCUT2D eigenvalue weighted by Gasteiger charge is -2.35. The average molecular weight is 372 g/mol. The Hall–Kier alpha value is -1.88. The van der Waals surface area contributed by atoms with Crippen molar-refractivity contribution in [3.63, 3.8) is 0 Å². The van der Waals surface area contributed by atoms with Gasteiger partial charge in [0.1, 0.15) is 0 Å². The van der Waals surface area contributed by atoms with Crippen LogP contribution in [0.2, 0.25) is 0 Å². The van der Waals surface area contributed by atoms with Crippen LogP contribution in [0.4, 0.5) is 0 Å². The fourth-order valence-corrected chi connectivity index (χ4v) is 4.30. The highest BCUT2D eigenvalue weighted by Crippen LogP contribution is 2.19. The molecule has 0 bridgehead atoms. The number of hydrogen-bond acceptors (Lipinski definition) is 3. The molecule has 2 amide bonds. The number of rotatable bonds is 6. The molecule has 0 aromatic heterocycles. The Morgan fingerprint density at radius 2 is 1.81 bits per heavy atom. The molecular formula is C22H33N3O2. The van der Waals surface area contributed by atoms with Gasteiger partial charge in [0.15, 0.2) is 0 Å². The molecule has 27 heavy (non-hydrogen) atoms. The topological polar surface area (TPSA) is 52.7 Å². The van der Waals surface area contributed by atoms with E-state index in [-0.39, 0.29) is 23.8 Å². The van der Waals surface area contributed by atoms with Crippen LogP contribution in [0.1, 0.15) is 44.6 Å². The van der Waals surface area contributed by atoms with Gasteiger partial charge in [-0.1, -0.05) is 30.3 Å². The van der Waals surface area contributed by atoms with Gasteiger partial charge in [0.25, 0.3) is 0 Å². The van der Waals surface area contributed by atoms with Gasteiger partial charge in [-0.3, -0.25) is 9.59 Å². The second kappa shape index (κ2) is 9.88. The zero-order valence-corrected chi connectivity index (χ0v) is 16.5. The fourth-order valence-electron chi connectivity index (χ4n) is 4.30. The summed E-state index contributed by atoms with van der Waals surface area (Å²) < 4.78 is 0. The minimum Gasteiger partial charge on any atom is -0.352 e. The first-order valence-corrected chi connectivity index (χ1v) is 10.4. The van der Waals surface area contributed by atoms with E-state index in [1.165, 1.54) is 5.56 Å². The monoisotopic (exact) mass is 371 g/mol. The predicted octanol–water partition coefficient (Wildman–Crippen LogP) is 2.46. The van der Waals surface area contributed by atoms with Gasteiger partial charge >= 0.3 is 0 Å². The number of carbonyl (C=O) groups is 2. The molecule has 2 saturated heterocycles. The van der Waals surface area contributed by atoms with Gasteiger partial charge in [-0.25, -0.2) is 0 Å². The van der Waals surface area contributed by atoms with Crippen molar-refractivity contribution in [3.05, 3.63) is 35.9 Å². The molecule has 1 aromatic carbocycles. The van der Waals surface area contributed by atoms with Crippen LogP contribution in [0, 0.1) is 5.92 Å². The van der Waals surface area contributed by atoms with Crippen LogP contribution in [-0.2, 0) is 16.0 Å². The molecule has 1 aromatic rings. The molecule has 148 valence electrons. The molecule has 0 unspecified atom stereocenters. The SMILES string of the molecule is CC(=O)N1CCC(C(=O)N[C@@H]2CCCN(CCCc3ccccc3)C2)CC1. The lowest BCUT2D eigenvalue weighted by atomic mass is 9.95. The maximum atomic E-state index is 12.6. The third kappa shape index (κ3) is 6.06. The van der Waals surface area contributed by atoms with Crippen LogP contribution < -0.4 is 5.32 Å². The van der Waals surface area contributed by atoms with E-state index in [1.54, 1.807) is 6.92 Å². The van der Waals surface area contributed by atoms with Crippen molar-refractivity contribution in [2.24, 2.45) is 5.92 Å². The number of piperidine rings is 2. The molecule has 2 heterocycles. The number of likely N-dealkylation sites (tertiary alicyclic amines) is 2. The van der Waals surface area contributed by atoms with Crippen LogP contribution in [0.3, 0.4) is 0 Å². The summed E-state index contributed by atoms with van der Waals surface area (Å²) in [6.45, 7) is 6.23. The zero-order chi connectivity index (χ0) is 19.1. The number of aryl methyl sites for hydroxylation is 1. The van der Waals surface area contributed by atoms with Gasteiger partial charge in [-0.2, -0.15) is 0 Å². The van der Waals surface area contributed by atoms with Crippen molar-refractivity contribution >= 4 is 11.8 Å². The summed E-state index contributed by atoms with van der Waals surface area (Å²) >= 11 is 0. The molecule has 2 fully saturated rings. The first kappa shape index (κ1) is 19.9. The van der Waals surface area contributed by atoms with E-state index in [1.807, 2.05) is 4.90 Å². The summed E-state index contributed by atoms with van der Waals surface area (Å²) in [7, 11) is 0. The predicted molar refractivity (Wildman–Crippen MR) is 107 cm³/mol. The summed E-state index contributed by atoms with van der Waals surface area (Å²) in [5.41, 5.74) is 1.40. The minimum absolute atomic E-state index is 0.0639. The minimum atomic E-state index is 0.0639. The summed E-state index contributed by atoms with van der Waals surface area (Å²) in [5.74, 6) is 0.371. The number of amides is 2. The van der Waals surface area contributed by atoms with Crippen molar-refractivity contribution in [3.8, 4) is 0 Å². The summed E-state index contributed by atoms with van der Waals surface area (Å²) in [6, 6.07) is 10.9. The first-order chi connectivity index (χ1) is 13.1. The van der Waals surface area contributed by atoms with Gasteiger partial charge in [-0.15, -0.1) is 0 Å². The van der Waals surface area contributed by atoms with E-state index in [4.69, 9.17) is 0 Å². The van der Waals surface area contributed by atoms with Crippen LogP contribution in [0.15, 0.2) is 30.3 Å². The molecule has 5 heteroatoms. The maximum Gasteiger partial charge on any atom is 0.223 e. The third-order valence-corrected chi connectivity index (χ3v) is 5.95. The zero-order valence-electron chi connectivity index (χ0n) is 16.5. The van der Waals surface area contributed by atoms with E-state index >= 15 is 0 Å². The molecule has 1 N–H and O–H groups in total. The molecule has 0 radical (unpaired) electrons. The molecule has 2 aliphatic heterocycles. The Labute approximate surface area is 163 Å². The summed E-state index contributed by atoms with van der Waals surface area (Å²) in [5, 5.41) is 3.29. The highest BCUT2D eigenvalue weighted by Gasteiger charge is 2.28. The van der Waals surface area contributed by atoms with Gasteiger partial charge < -0.3 is 15.1 Å². The Kier molecular flexibility index (Phi) is 7.27. The van der Waals surface area contributed by atoms with Crippen molar-refractivity contribution in [2.45, 2.75) is 51.5 Å². The lowest BCUT2D eigenvalue weighted by Crippen LogP contribution is -2.50. The Morgan fingerprint density at radius 3 is 2.52 bits per heavy atom. The largest absolute Gasteiger partial charge is 0.352 e. The second-order valence-corrected chi connectivity index (χ2v) is 8.02. The second-order valence-electron chi connectivity index (χ2n) is 8.02. The Morgan fingerprint density at radius 1 is 1.07 bits per heavy atom. The normalized spacial score (nSPS) is 21.8. The van der Waals surface area contributed by atoms with Crippen molar-refractivity contribution < 1.29 is 9.59 Å². The molecule has 0 aliphatic carbocycles. The van der Waals surface area contributed by atoms with Gasteiger partial charge in [-0.05, 0) is 57.2 Å². The van der Waals surface area contributed by atoms with E-state index < -0.39 is 0 Å². The van der Waals surface area contributed by atoms with Crippen LogP contribution in [0.5, 0.6) is 0 Å². The van der Waals surface area contributed by atoms with E-state index in [2.05, 4.69) is 40.5 Å². The van der Waals surface area contributed by atoms with Gasteiger partial charge in [0.2, 0.25) is 11.8 Å². The smallest absolute Gasteiger partial charge is 0.223 e. The molecule has 5 nitrogen and oxygen atoms in total. The maximum absolute atomic E-state index is 12.6. The lowest BCUT2D eigenvalue weighted by molar-refractivity contribution is -0.134. The quantitative estimate of drug-likeness (QED) is 0.836. The molecule has 3 rings (SSSR count). The van der Waals surface area contributed by atoms with E-state index in [9.17, 15) is 9.59 Å². The fraction of sp³-hybridized carbons (Fsp3) is 0.636. The van der Waals surface area contributed by atoms with Crippen molar-refractivity contribution in [1.82, 2.24) is 15.1 Å². The molecule has 2 aliphatic rings. The highest BCUT2D eigenvalue weighted by atomic mass is 16.2. The van der Waals surface area contributed by atoms with Crippen LogP contribution in [-0.4, -0.2) is 60.4 Å². The summed E-state index contributed by atoms with van der Waals surface area (Å²) in [4.78, 5) is 28.4. The highest BCUT2D eigenvalue weighted by molar-refractivity contribution is 5.79. The molecule has 1 atom stereocenters. The average Bonchev–Trinajstić information content (AvgIpc) is 2.69. The molecule has 0 saturated carbocycles. The number of carbonyl (C=O) groups excluding carboxylic acids is 2. The summed E-state index contributed by atoms with van der Waals surface area (Å²) in [6.07, 6.45) is 6.08. The van der Waals surface area contributed by atoms with Crippen molar-refractivity contribution in [2.75, 3.05) is 32.7 Å². The first-order valence-electron chi connectivity index (χ1n) is 10.4. The Bertz CT molecular complexity index is 611. The van der Waals surface area contributed by atoms with E-state index in [0.29, 0.717) is 13.1 Å². The van der Waals surface area contributed by atoms with Crippen molar-refractivity contribution in [1.29, 1.82) is 0 Å². The number of hydrogen-bond donors (Lipinski definition) is 1. The number of benzene rings is 1.